The van der Waals surface area contributed by atoms with Crippen molar-refractivity contribution in [2.75, 3.05) is 11.9 Å². The minimum Gasteiger partial charge on any atom is -0.484 e. The van der Waals surface area contributed by atoms with Gasteiger partial charge in [0.25, 0.3) is 5.91 Å². The number of nitrogens with one attached hydrogen (secondary N) is 1. The van der Waals surface area contributed by atoms with Crippen molar-refractivity contribution in [3.63, 3.8) is 0 Å². The molecular formula is C23H26N2O4S. The molecule has 1 N–H and O–H groups in total. The number of benzene rings is 2. The third kappa shape index (κ3) is 4.26. The molecule has 158 valence electrons. The quantitative estimate of drug-likeness (QED) is 0.602. The van der Waals surface area contributed by atoms with Gasteiger partial charge in [-0.2, -0.15) is 0 Å². The number of aromatic nitrogens is 1. The van der Waals surface area contributed by atoms with Crippen LogP contribution in [0, 0.1) is 13.8 Å². The van der Waals surface area contributed by atoms with Gasteiger partial charge in [-0.3, -0.25) is 4.79 Å². The maximum atomic E-state index is 13.4. The normalized spacial score (nSPS) is 11.5. The molecule has 0 saturated carbocycles. The lowest BCUT2D eigenvalue weighted by molar-refractivity contribution is -0.118. The van der Waals surface area contributed by atoms with Crippen LogP contribution in [0.2, 0.25) is 0 Å². The van der Waals surface area contributed by atoms with Crippen molar-refractivity contribution in [2.45, 2.75) is 43.5 Å². The van der Waals surface area contributed by atoms with Crippen molar-refractivity contribution >= 4 is 21.6 Å². The number of anilines is 1. The SMILES string of the molecule is Cc1c(S(=O)(=O)c2ccccc2)c(NC(=O)COc2ccccc2)n(C(C)C)c1C. The molecule has 0 fully saturated rings. The number of carbonyl (C=O) groups excluding carboxylic acids is 1. The first-order valence-electron chi connectivity index (χ1n) is 9.72. The Morgan fingerprint density at radius 3 is 2.13 bits per heavy atom. The fourth-order valence-electron chi connectivity index (χ4n) is 3.44. The molecular weight excluding hydrogens is 400 g/mol. The molecule has 0 aliphatic rings. The van der Waals surface area contributed by atoms with Crippen molar-refractivity contribution < 1.29 is 17.9 Å². The van der Waals surface area contributed by atoms with Crippen LogP contribution in [0.5, 0.6) is 5.75 Å². The van der Waals surface area contributed by atoms with E-state index in [-0.39, 0.29) is 28.3 Å². The van der Waals surface area contributed by atoms with Crippen LogP contribution in [0.3, 0.4) is 0 Å². The lowest BCUT2D eigenvalue weighted by Crippen LogP contribution is -2.24. The zero-order valence-corrected chi connectivity index (χ0v) is 18.4. The van der Waals surface area contributed by atoms with E-state index in [0.717, 1.165) is 5.69 Å². The number of carbonyl (C=O) groups is 1. The number of nitrogens with zero attached hydrogens (tertiary/aromatic N) is 1. The summed E-state index contributed by atoms with van der Waals surface area (Å²) in [6, 6.07) is 17.2. The van der Waals surface area contributed by atoms with Gasteiger partial charge in [0.15, 0.2) is 6.61 Å². The molecule has 2 aromatic carbocycles. The van der Waals surface area contributed by atoms with Crippen LogP contribution < -0.4 is 10.1 Å². The Kier molecular flexibility index (Phi) is 6.31. The van der Waals surface area contributed by atoms with Gasteiger partial charge >= 0.3 is 0 Å². The van der Waals surface area contributed by atoms with Crippen LogP contribution in [0.15, 0.2) is 70.5 Å². The van der Waals surface area contributed by atoms with Crippen molar-refractivity contribution in [3.8, 4) is 5.75 Å². The number of rotatable bonds is 7. The highest BCUT2D eigenvalue weighted by molar-refractivity contribution is 7.91. The molecule has 0 unspecified atom stereocenters. The van der Waals surface area contributed by atoms with Crippen molar-refractivity contribution in [1.82, 2.24) is 4.57 Å². The van der Waals surface area contributed by atoms with Crippen LogP contribution in [0.1, 0.15) is 31.1 Å². The molecule has 3 aromatic rings. The van der Waals surface area contributed by atoms with Crippen LogP contribution in [0.25, 0.3) is 0 Å². The van der Waals surface area contributed by atoms with Gasteiger partial charge in [0.05, 0.1) is 4.90 Å². The second-order valence-electron chi connectivity index (χ2n) is 7.32. The topological polar surface area (TPSA) is 77.4 Å². The Labute approximate surface area is 177 Å². The molecule has 0 radical (unpaired) electrons. The van der Waals surface area contributed by atoms with Gasteiger partial charge in [-0.25, -0.2) is 8.42 Å². The summed E-state index contributed by atoms with van der Waals surface area (Å²) in [7, 11) is -3.82. The van der Waals surface area contributed by atoms with Crippen LogP contribution >= 0.6 is 0 Å². The lowest BCUT2D eigenvalue weighted by Gasteiger charge is -2.17. The van der Waals surface area contributed by atoms with Gasteiger partial charge in [0, 0.05) is 11.7 Å². The number of ether oxygens (including phenoxy) is 1. The maximum Gasteiger partial charge on any atom is 0.263 e. The zero-order valence-electron chi connectivity index (χ0n) is 17.5. The number of amides is 1. The maximum absolute atomic E-state index is 13.4. The van der Waals surface area contributed by atoms with E-state index in [4.69, 9.17) is 4.74 Å². The second kappa shape index (κ2) is 8.75. The fourth-order valence-corrected chi connectivity index (χ4v) is 5.15. The minimum absolute atomic E-state index is 0.0474. The molecule has 3 rings (SSSR count). The van der Waals surface area contributed by atoms with Gasteiger partial charge in [-0.05, 0) is 57.5 Å². The van der Waals surface area contributed by atoms with Gasteiger partial charge in [-0.15, -0.1) is 0 Å². The van der Waals surface area contributed by atoms with E-state index in [1.54, 1.807) is 49.4 Å². The monoisotopic (exact) mass is 426 g/mol. The van der Waals surface area contributed by atoms with E-state index in [1.807, 2.05) is 43.5 Å². The third-order valence-electron chi connectivity index (χ3n) is 4.91. The Morgan fingerprint density at radius 1 is 1.00 bits per heavy atom. The van der Waals surface area contributed by atoms with E-state index in [9.17, 15) is 13.2 Å². The van der Waals surface area contributed by atoms with Gasteiger partial charge in [-0.1, -0.05) is 36.4 Å². The summed E-state index contributed by atoms with van der Waals surface area (Å²) in [6.45, 7) is 7.29. The highest BCUT2D eigenvalue weighted by Crippen LogP contribution is 2.37. The predicted molar refractivity (Wildman–Crippen MR) is 117 cm³/mol. The Bertz CT molecular complexity index is 1130. The largest absolute Gasteiger partial charge is 0.484 e. The third-order valence-corrected chi connectivity index (χ3v) is 6.84. The standard InChI is InChI=1S/C23H26N2O4S/c1-16(2)25-18(4)17(3)22(30(27,28)20-13-9-6-10-14-20)23(25)24-21(26)15-29-19-11-7-5-8-12-19/h5-14,16H,15H2,1-4H3,(H,24,26). The highest BCUT2D eigenvalue weighted by atomic mass is 32.2. The van der Waals surface area contributed by atoms with Crippen LogP contribution in [-0.2, 0) is 14.6 Å². The summed E-state index contributed by atoms with van der Waals surface area (Å²) in [5.74, 6) is 0.407. The second-order valence-corrected chi connectivity index (χ2v) is 9.20. The Hall–Kier alpha value is -3.06. The molecule has 1 amide bonds. The Morgan fingerprint density at radius 2 is 1.57 bits per heavy atom. The average molecular weight is 427 g/mol. The molecule has 1 aromatic heterocycles. The van der Waals surface area contributed by atoms with Crippen molar-refractivity contribution in [2.24, 2.45) is 0 Å². The molecule has 0 spiro atoms. The first-order valence-corrected chi connectivity index (χ1v) is 11.2. The molecule has 6 nitrogen and oxygen atoms in total. The number of sulfone groups is 1. The summed E-state index contributed by atoms with van der Waals surface area (Å²) in [4.78, 5) is 13.0. The fraction of sp³-hybridized carbons (Fsp3) is 0.261. The van der Waals surface area contributed by atoms with Crippen LogP contribution in [0.4, 0.5) is 5.82 Å². The highest BCUT2D eigenvalue weighted by Gasteiger charge is 2.31. The summed E-state index contributed by atoms with van der Waals surface area (Å²) in [5, 5.41) is 2.79. The first kappa shape index (κ1) is 21.6. The summed E-state index contributed by atoms with van der Waals surface area (Å²) in [5.41, 5.74) is 1.41. The predicted octanol–water partition coefficient (Wildman–Crippen LogP) is 4.54. The molecule has 1 heterocycles. The number of hydrogen-bond donors (Lipinski definition) is 1. The van der Waals surface area contributed by atoms with E-state index >= 15 is 0 Å². The van der Waals surface area contributed by atoms with Gasteiger partial charge in [0.1, 0.15) is 16.5 Å². The van der Waals surface area contributed by atoms with E-state index in [0.29, 0.717) is 11.3 Å². The molecule has 0 atom stereocenters. The van der Waals surface area contributed by atoms with Crippen molar-refractivity contribution in [3.05, 3.63) is 71.9 Å². The van der Waals surface area contributed by atoms with Gasteiger partial charge < -0.3 is 14.6 Å². The average Bonchev–Trinajstić information content (AvgIpc) is 2.98. The number of para-hydroxylation sites is 1. The van der Waals surface area contributed by atoms with E-state index < -0.39 is 15.7 Å². The molecule has 0 saturated heterocycles. The Balaban J connectivity index is 2.00. The molecule has 30 heavy (non-hydrogen) atoms. The summed E-state index contributed by atoms with van der Waals surface area (Å²) >= 11 is 0. The van der Waals surface area contributed by atoms with Gasteiger partial charge in [0.2, 0.25) is 9.84 Å². The van der Waals surface area contributed by atoms with E-state index in [2.05, 4.69) is 5.32 Å². The smallest absolute Gasteiger partial charge is 0.263 e. The summed E-state index contributed by atoms with van der Waals surface area (Å²) < 4.78 is 34.2. The van der Waals surface area contributed by atoms with Crippen molar-refractivity contribution in [1.29, 1.82) is 0 Å². The zero-order chi connectivity index (χ0) is 21.9. The molecule has 7 heteroatoms. The van der Waals surface area contributed by atoms with E-state index in [1.165, 1.54) is 0 Å². The number of hydrogen-bond acceptors (Lipinski definition) is 4. The first-order chi connectivity index (χ1) is 14.2. The molecule has 0 aliphatic carbocycles. The summed E-state index contributed by atoms with van der Waals surface area (Å²) in [6.07, 6.45) is 0. The van der Waals surface area contributed by atoms with Crippen LogP contribution in [-0.4, -0.2) is 25.5 Å². The lowest BCUT2D eigenvalue weighted by atomic mass is 10.3. The molecule has 0 aliphatic heterocycles. The minimum atomic E-state index is -3.82. The molecule has 0 bridgehead atoms.